The van der Waals surface area contributed by atoms with Gasteiger partial charge in [-0.05, 0) is 58.3 Å². The monoisotopic (exact) mass is 1060 g/mol. The molecule has 26 heteroatoms. The van der Waals surface area contributed by atoms with E-state index in [1.54, 1.807) is 6.08 Å². The van der Waals surface area contributed by atoms with E-state index in [0.717, 1.165) is 109 Å². The van der Waals surface area contributed by atoms with Crippen LogP contribution in [0.4, 0.5) is 0 Å². The second-order valence-electron chi connectivity index (χ2n) is 16.5. The van der Waals surface area contributed by atoms with Crippen LogP contribution in [-0.4, -0.2) is 88.4 Å². The van der Waals surface area contributed by atoms with Gasteiger partial charge in [-0.1, -0.05) is 141 Å². The van der Waals surface area contributed by atoms with Gasteiger partial charge in [-0.25, -0.2) is 38.5 Å². The van der Waals surface area contributed by atoms with Crippen LogP contribution in [0, 0.1) is 0 Å². The number of ether oxygens (including phenoxy) is 1. The topological polar surface area (TPSA) is 292 Å². The molecule has 0 aromatic rings. The molecule has 0 saturated heterocycles. The van der Waals surface area contributed by atoms with Crippen molar-refractivity contribution >= 4 is 47.6 Å². The Morgan fingerprint density at radius 3 is 1.26 bits per heavy atom. The number of rotatable bonds is 16. The van der Waals surface area contributed by atoms with Gasteiger partial charge in [0.2, 0.25) is 41.6 Å². The van der Waals surface area contributed by atoms with Gasteiger partial charge >= 0.3 is 124 Å². The molecule has 5 atom stereocenters. The second kappa shape index (κ2) is 44.0. The van der Waals surface area contributed by atoms with E-state index in [2.05, 4.69) is 4.18 Å². The minimum atomic E-state index is -5.09. The van der Waals surface area contributed by atoms with Gasteiger partial charge in [-0.2, -0.15) is 0 Å². The Morgan fingerprint density at radius 1 is 0.515 bits per heavy atom. The van der Waals surface area contributed by atoms with Crippen LogP contribution in [0.2, 0.25) is 0 Å². The van der Waals surface area contributed by atoms with Crippen molar-refractivity contribution in [1.29, 1.82) is 0 Å². The fraction of sp³-hybridized carbons (Fsp3) is 0.925. The van der Waals surface area contributed by atoms with Crippen LogP contribution >= 0.6 is 0 Å². The van der Waals surface area contributed by atoms with Crippen molar-refractivity contribution in [1.82, 2.24) is 0 Å². The molecule has 0 aliphatic carbocycles. The molecule has 5 unspecified atom stereocenters. The minimum Gasteiger partial charge on any atom is -0.726 e. The maximum Gasteiger partial charge on any atom is 1.00 e. The molecular weight excluding hydrogens is 989 g/mol. The average molecular weight is 1060 g/mol. The Bertz CT molecular complexity index is 1670. The molecule has 66 heavy (non-hydrogen) atoms. The molecule has 0 amide bonds. The smallest absolute Gasteiger partial charge is 0.726 e. The number of esters is 1. The van der Waals surface area contributed by atoms with E-state index in [4.69, 9.17) is 17.3 Å². The van der Waals surface area contributed by atoms with Crippen LogP contribution in [0.5, 0.6) is 0 Å². The molecule has 1 aliphatic heterocycles. The molecule has 18 nitrogen and oxygen atoms in total. The van der Waals surface area contributed by atoms with Crippen LogP contribution in [0.25, 0.3) is 0 Å². The fourth-order valence-electron chi connectivity index (χ4n) is 7.75. The quantitative estimate of drug-likeness (QED) is 0.0468. The summed E-state index contributed by atoms with van der Waals surface area (Å²) in [5.41, 5.74) is 0. The first kappa shape index (κ1) is 75.2. The van der Waals surface area contributed by atoms with Gasteiger partial charge < -0.3 is 22.9 Å². The summed E-state index contributed by atoms with van der Waals surface area (Å²) in [6, 6.07) is 0. The van der Waals surface area contributed by atoms with Crippen LogP contribution in [0.15, 0.2) is 12.2 Å². The van der Waals surface area contributed by atoms with Crippen molar-refractivity contribution < 1.29 is 196 Å². The average Bonchev–Trinajstić information content (AvgIpc) is 3.12. The molecule has 0 fully saturated rings. The van der Waals surface area contributed by atoms with E-state index in [0.29, 0.717) is 57.8 Å². The number of allylic oxidation sites excluding steroid dienone is 1. The van der Waals surface area contributed by atoms with Crippen molar-refractivity contribution in [3.63, 3.8) is 0 Å². The van der Waals surface area contributed by atoms with E-state index >= 15 is 0 Å². The second-order valence-corrected chi connectivity index (χ2v) is 20.5. The molecule has 0 aromatic carbocycles. The van der Waals surface area contributed by atoms with E-state index in [-0.39, 0.29) is 150 Å². The zero-order valence-corrected chi connectivity index (χ0v) is 51.7. The molecule has 0 N–H and O–H groups in total. The summed E-state index contributed by atoms with van der Waals surface area (Å²) in [5, 5.41) is 0. The van der Waals surface area contributed by atoms with E-state index in [1.165, 1.54) is 13.0 Å². The molecule has 1 aliphatic rings. The molecule has 0 radical (unpaired) electrons. The van der Waals surface area contributed by atoms with Crippen LogP contribution < -0.4 is 118 Å². The summed E-state index contributed by atoms with van der Waals surface area (Å²) < 4.78 is 161. The molecule has 368 valence electrons. The van der Waals surface area contributed by atoms with Crippen LogP contribution in [0.3, 0.4) is 0 Å². The maximum absolute atomic E-state index is 12.9. The van der Waals surface area contributed by atoms with Crippen molar-refractivity contribution in [2.45, 2.75) is 236 Å². The van der Waals surface area contributed by atoms with Crippen molar-refractivity contribution in [2.24, 2.45) is 0 Å². The minimum absolute atomic E-state index is 0. The van der Waals surface area contributed by atoms with Crippen molar-refractivity contribution in [2.75, 3.05) is 0 Å². The van der Waals surface area contributed by atoms with E-state index in [9.17, 15) is 56.7 Å². The number of unbranched alkanes of at least 4 members (excludes halogenated alkanes) is 4. The molecule has 0 spiro atoms. The van der Waals surface area contributed by atoms with Gasteiger partial charge in [0.05, 0.1) is 24.4 Å². The van der Waals surface area contributed by atoms with Gasteiger partial charge in [0, 0.05) is 18.9 Å². The standard InChI is InChI=1S/C40H76O18S4.4Na/c1-35(55-59(42,43)44)27-21-15-14-19-22-28-36-33-37(56-60(45,46)47)29-23-16-11-7-5-8-12-18-25-31-39(58-62(51,52)53)34-38(57-61(48,49)50)30-24-17-10-6-3-2-4-9-13-20-26-32-40(41)54-36;;;;/h26,32,35-39H,2-25,27-31,33-34H2,1H3,(H,42,43,44)(H,45,46,47)(H,48,49,50)(H,51,52,53);;;;/q;4*+1/p-4. The van der Waals surface area contributed by atoms with Gasteiger partial charge in [0.15, 0.2) is 0 Å². The van der Waals surface area contributed by atoms with Gasteiger partial charge in [-0.3, -0.25) is 16.7 Å². The first-order chi connectivity index (χ1) is 29.1. The molecular formula is C40H72Na4O18S4. The van der Waals surface area contributed by atoms with E-state index < -0.39 is 78.1 Å². The normalized spacial score (nSPS) is 22.8. The predicted molar refractivity (Wildman–Crippen MR) is 226 cm³/mol. The summed E-state index contributed by atoms with van der Waals surface area (Å²) in [7, 11) is -20.0. The maximum atomic E-state index is 12.9. The Labute approximate surface area is 486 Å². The van der Waals surface area contributed by atoms with Gasteiger partial charge in [0.1, 0.15) is 6.10 Å². The third kappa shape index (κ3) is 51.6. The Balaban J connectivity index is -0.00000480. The number of hydrogen-bond acceptors (Lipinski definition) is 18. The molecule has 0 aromatic heterocycles. The summed E-state index contributed by atoms with van der Waals surface area (Å²) in [6.07, 6.45) is 18.6. The number of carbonyl (C=O) groups is 1. The Hall–Kier alpha value is 2.69. The molecule has 0 saturated carbocycles. The molecule has 1 heterocycles. The summed E-state index contributed by atoms with van der Waals surface area (Å²) >= 11 is 0. The summed E-state index contributed by atoms with van der Waals surface area (Å²) in [5.74, 6) is -0.567. The third-order valence-corrected chi connectivity index (χ3v) is 12.8. The number of hydrogen-bond donors (Lipinski definition) is 0. The summed E-state index contributed by atoms with van der Waals surface area (Å²) in [4.78, 5) is 12.9. The molecule has 1 rings (SSSR count). The fourth-order valence-corrected chi connectivity index (χ4v) is 9.77. The first-order valence-corrected chi connectivity index (χ1v) is 27.9. The zero-order chi connectivity index (χ0) is 46.3. The van der Waals surface area contributed by atoms with Crippen molar-refractivity contribution in [3.05, 3.63) is 12.2 Å². The van der Waals surface area contributed by atoms with Crippen molar-refractivity contribution in [3.8, 4) is 0 Å². The van der Waals surface area contributed by atoms with Gasteiger partial charge in [-0.15, -0.1) is 0 Å². The van der Waals surface area contributed by atoms with Crippen LogP contribution in [0.1, 0.15) is 206 Å². The van der Waals surface area contributed by atoms with Gasteiger partial charge in [0.25, 0.3) is 0 Å². The summed E-state index contributed by atoms with van der Waals surface area (Å²) in [6.45, 7) is 1.51. The van der Waals surface area contributed by atoms with Crippen LogP contribution in [-0.2, 0) is 67.9 Å². The zero-order valence-electron chi connectivity index (χ0n) is 40.4. The number of carbonyl (C=O) groups excluding carboxylic acids is 1. The Kier molecular flexibility index (Phi) is 50.2. The molecule has 0 bridgehead atoms. The SMILES string of the molecule is CC(CCCCCCCC1CC(OS(=O)(=O)[O-])CCCCCCCCCCCC(OS(=O)(=O)[O-])CC(OS(=O)(=O)[O-])CCCCCCCCCCCC=CC(=O)O1)OS(=O)(=O)[O-].[Na+].[Na+].[Na+].[Na+]. The predicted octanol–water partition coefficient (Wildman–Crippen LogP) is -4.02. The number of cyclic esters (lactones) is 1. The largest absolute Gasteiger partial charge is 1.00 e. The Morgan fingerprint density at radius 2 is 0.864 bits per heavy atom. The third-order valence-electron chi connectivity index (χ3n) is 10.7. The first-order valence-electron chi connectivity index (χ1n) is 22.5. The van der Waals surface area contributed by atoms with E-state index in [1.807, 2.05) is 0 Å².